The van der Waals surface area contributed by atoms with Gasteiger partial charge in [-0.15, -0.1) is 0 Å². The maximum Gasteiger partial charge on any atom is 0.318 e. The van der Waals surface area contributed by atoms with Crippen LogP contribution in [0.15, 0.2) is 48.7 Å². The van der Waals surface area contributed by atoms with E-state index < -0.39 is 6.10 Å². The van der Waals surface area contributed by atoms with Crippen LogP contribution in [0.25, 0.3) is 0 Å². The van der Waals surface area contributed by atoms with E-state index in [4.69, 9.17) is 0 Å². The first-order valence-electron chi connectivity index (χ1n) is 8.01. The van der Waals surface area contributed by atoms with Gasteiger partial charge in [-0.1, -0.05) is 18.2 Å². The number of carbonyl (C=O) groups is 1. The van der Waals surface area contributed by atoms with Crippen LogP contribution in [0.4, 0.5) is 9.18 Å². The standard InChI is InChI=1S/C18H20FN3O2/c19-14-6-4-13(5-7-14)17(23)12-22(16-8-9-16)18(24)21-11-15-3-1-2-10-20-15/h1-7,10,16-17,23H,8-9,11-12H2,(H,21,24). The molecule has 5 nitrogen and oxygen atoms in total. The van der Waals surface area contributed by atoms with Crippen LogP contribution in [0.5, 0.6) is 0 Å². The summed E-state index contributed by atoms with van der Waals surface area (Å²) in [5.41, 5.74) is 1.38. The molecule has 0 bridgehead atoms. The molecule has 0 saturated heterocycles. The molecule has 1 heterocycles. The number of amides is 2. The van der Waals surface area contributed by atoms with Crippen molar-refractivity contribution in [3.63, 3.8) is 0 Å². The molecule has 1 fully saturated rings. The highest BCUT2D eigenvalue weighted by molar-refractivity contribution is 5.75. The van der Waals surface area contributed by atoms with Crippen LogP contribution in [0, 0.1) is 5.82 Å². The minimum absolute atomic E-state index is 0.156. The summed E-state index contributed by atoms with van der Waals surface area (Å²) in [5.74, 6) is -0.349. The number of nitrogens with zero attached hydrogens (tertiary/aromatic N) is 2. The lowest BCUT2D eigenvalue weighted by molar-refractivity contribution is 0.117. The Bertz CT molecular complexity index is 674. The van der Waals surface area contributed by atoms with Crippen LogP contribution in [0.1, 0.15) is 30.2 Å². The molecule has 0 radical (unpaired) electrons. The van der Waals surface area contributed by atoms with Crippen molar-refractivity contribution in [2.24, 2.45) is 0 Å². The third-order valence-corrected chi connectivity index (χ3v) is 4.02. The number of hydrogen-bond acceptors (Lipinski definition) is 3. The molecule has 1 aliphatic rings. The summed E-state index contributed by atoms with van der Waals surface area (Å²) in [4.78, 5) is 18.3. The summed E-state index contributed by atoms with van der Waals surface area (Å²) in [6.45, 7) is 0.528. The summed E-state index contributed by atoms with van der Waals surface area (Å²) >= 11 is 0. The fourth-order valence-corrected chi connectivity index (χ4v) is 2.53. The van der Waals surface area contributed by atoms with Crippen molar-refractivity contribution in [3.05, 3.63) is 65.7 Å². The first-order valence-corrected chi connectivity index (χ1v) is 8.01. The molecule has 2 amide bonds. The van der Waals surface area contributed by atoms with E-state index in [1.165, 1.54) is 24.3 Å². The fraction of sp³-hybridized carbons (Fsp3) is 0.333. The molecule has 1 saturated carbocycles. The third-order valence-electron chi connectivity index (χ3n) is 4.02. The van der Waals surface area contributed by atoms with Crippen molar-refractivity contribution in [2.45, 2.75) is 31.5 Å². The maximum atomic E-state index is 13.0. The molecular formula is C18H20FN3O2. The van der Waals surface area contributed by atoms with Gasteiger partial charge in [0.25, 0.3) is 0 Å². The Morgan fingerprint density at radius 2 is 2.04 bits per heavy atom. The number of halogens is 1. The van der Waals surface area contributed by atoms with Gasteiger partial charge in [0.2, 0.25) is 0 Å². The molecule has 1 unspecified atom stereocenters. The number of aromatic nitrogens is 1. The lowest BCUT2D eigenvalue weighted by atomic mass is 10.1. The van der Waals surface area contributed by atoms with Crippen LogP contribution in [0.2, 0.25) is 0 Å². The SMILES string of the molecule is O=C(NCc1ccccn1)N(CC(O)c1ccc(F)cc1)C1CC1. The van der Waals surface area contributed by atoms with Crippen molar-refractivity contribution in [3.8, 4) is 0 Å². The Balaban J connectivity index is 1.59. The zero-order chi connectivity index (χ0) is 16.9. The van der Waals surface area contributed by atoms with Gasteiger partial charge in [0, 0.05) is 12.2 Å². The van der Waals surface area contributed by atoms with E-state index in [1.807, 2.05) is 18.2 Å². The molecule has 126 valence electrons. The highest BCUT2D eigenvalue weighted by atomic mass is 19.1. The van der Waals surface area contributed by atoms with Gasteiger partial charge in [-0.25, -0.2) is 9.18 Å². The minimum atomic E-state index is -0.841. The second-order valence-corrected chi connectivity index (χ2v) is 5.93. The van der Waals surface area contributed by atoms with Gasteiger partial charge < -0.3 is 15.3 Å². The largest absolute Gasteiger partial charge is 0.387 e. The van der Waals surface area contributed by atoms with E-state index in [1.54, 1.807) is 11.1 Å². The molecule has 0 spiro atoms. The normalized spacial score (nSPS) is 14.9. The number of carbonyl (C=O) groups excluding carboxylic acids is 1. The van der Waals surface area contributed by atoms with Gasteiger partial charge in [0.15, 0.2) is 0 Å². The summed E-state index contributed by atoms with van der Waals surface area (Å²) in [7, 11) is 0. The molecule has 1 aromatic heterocycles. The van der Waals surface area contributed by atoms with Gasteiger partial charge in [-0.05, 0) is 42.7 Å². The van der Waals surface area contributed by atoms with E-state index in [0.717, 1.165) is 18.5 Å². The van der Waals surface area contributed by atoms with E-state index in [9.17, 15) is 14.3 Å². The lowest BCUT2D eigenvalue weighted by Gasteiger charge is -2.25. The topological polar surface area (TPSA) is 65.5 Å². The fourth-order valence-electron chi connectivity index (χ4n) is 2.53. The molecule has 1 aliphatic carbocycles. The van der Waals surface area contributed by atoms with Gasteiger partial charge in [-0.3, -0.25) is 4.98 Å². The van der Waals surface area contributed by atoms with Crippen molar-refractivity contribution in [1.82, 2.24) is 15.2 Å². The summed E-state index contributed by atoms with van der Waals surface area (Å²) in [6.07, 6.45) is 2.71. The molecule has 2 aromatic rings. The van der Waals surface area contributed by atoms with Gasteiger partial charge >= 0.3 is 6.03 Å². The molecule has 6 heteroatoms. The van der Waals surface area contributed by atoms with Crippen molar-refractivity contribution < 1.29 is 14.3 Å². The quantitative estimate of drug-likeness (QED) is 0.856. The van der Waals surface area contributed by atoms with E-state index in [0.29, 0.717) is 12.1 Å². The second-order valence-electron chi connectivity index (χ2n) is 5.93. The number of benzene rings is 1. The Morgan fingerprint density at radius 1 is 1.29 bits per heavy atom. The predicted molar refractivity (Wildman–Crippen MR) is 87.6 cm³/mol. The molecule has 1 aromatic carbocycles. The Morgan fingerprint density at radius 3 is 2.67 bits per heavy atom. The molecule has 2 N–H and O–H groups in total. The molecule has 3 rings (SSSR count). The van der Waals surface area contributed by atoms with Crippen molar-refractivity contribution in [1.29, 1.82) is 0 Å². The first kappa shape index (κ1) is 16.4. The number of hydrogen-bond donors (Lipinski definition) is 2. The summed E-state index contributed by atoms with van der Waals surface area (Å²) in [5, 5.41) is 13.2. The number of rotatable bonds is 6. The van der Waals surface area contributed by atoms with Crippen LogP contribution in [-0.2, 0) is 6.54 Å². The zero-order valence-corrected chi connectivity index (χ0v) is 13.2. The Kier molecular flexibility index (Phi) is 5.05. The van der Waals surface area contributed by atoms with Gasteiger partial charge in [-0.2, -0.15) is 0 Å². The van der Waals surface area contributed by atoms with Crippen molar-refractivity contribution >= 4 is 6.03 Å². The van der Waals surface area contributed by atoms with Crippen LogP contribution in [-0.4, -0.2) is 33.6 Å². The number of aliphatic hydroxyl groups excluding tert-OH is 1. The number of nitrogens with one attached hydrogen (secondary N) is 1. The average molecular weight is 329 g/mol. The molecule has 1 atom stereocenters. The van der Waals surface area contributed by atoms with Crippen LogP contribution >= 0.6 is 0 Å². The average Bonchev–Trinajstić information content (AvgIpc) is 3.44. The molecular weight excluding hydrogens is 309 g/mol. The van der Waals surface area contributed by atoms with E-state index in [2.05, 4.69) is 10.3 Å². The second kappa shape index (κ2) is 7.40. The first-order chi connectivity index (χ1) is 11.6. The Hall–Kier alpha value is -2.47. The summed E-state index contributed by atoms with van der Waals surface area (Å²) < 4.78 is 13.0. The maximum absolute atomic E-state index is 13.0. The monoisotopic (exact) mass is 329 g/mol. The highest BCUT2D eigenvalue weighted by Crippen LogP contribution is 2.29. The van der Waals surface area contributed by atoms with Crippen molar-refractivity contribution in [2.75, 3.05) is 6.54 Å². The highest BCUT2D eigenvalue weighted by Gasteiger charge is 2.34. The number of urea groups is 1. The van der Waals surface area contributed by atoms with E-state index >= 15 is 0 Å². The molecule has 0 aliphatic heterocycles. The smallest absolute Gasteiger partial charge is 0.318 e. The number of pyridine rings is 1. The third kappa shape index (κ3) is 4.29. The van der Waals surface area contributed by atoms with Crippen LogP contribution < -0.4 is 5.32 Å². The Labute approximate surface area is 140 Å². The predicted octanol–water partition coefficient (Wildman–Crippen LogP) is 2.63. The lowest BCUT2D eigenvalue weighted by Crippen LogP contribution is -2.43. The van der Waals surface area contributed by atoms with Crippen LogP contribution in [0.3, 0.4) is 0 Å². The molecule has 24 heavy (non-hydrogen) atoms. The minimum Gasteiger partial charge on any atom is -0.387 e. The zero-order valence-electron chi connectivity index (χ0n) is 13.2. The number of aliphatic hydroxyl groups is 1. The van der Waals surface area contributed by atoms with Gasteiger partial charge in [0.05, 0.1) is 24.9 Å². The van der Waals surface area contributed by atoms with Gasteiger partial charge in [0.1, 0.15) is 5.82 Å². The van der Waals surface area contributed by atoms with E-state index in [-0.39, 0.29) is 24.4 Å². The summed E-state index contributed by atoms with van der Waals surface area (Å²) in [6, 6.07) is 11.2.